The Morgan fingerprint density at radius 3 is 2.58 bits per heavy atom. The van der Waals surface area contributed by atoms with Crippen molar-refractivity contribution in [3.8, 4) is 0 Å². The molecule has 0 heterocycles. The van der Waals surface area contributed by atoms with Gasteiger partial charge in [0.15, 0.2) is 0 Å². The highest BCUT2D eigenvalue weighted by Crippen LogP contribution is 2.16. The molecule has 0 bridgehead atoms. The number of ether oxygens (including phenoxy) is 1. The summed E-state index contributed by atoms with van der Waals surface area (Å²) in [5.41, 5.74) is 1.25. The Kier molecular flexibility index (Phi) is 5.67. The molecule has 1 rings (SSSR count). The molecule has 0 aromatic heterocycles. The van der Waals surface area contributed by atoms with Crippen molar-refractivity contribution >= 4 is 17.5 Å². The van der Waals surface area contributed by atoms with Crippen LogP contribution >= 0.6 is 0 Å². The summed E-state index contributed by atoms with van der Waals surface area (Å²) in [6.45, 7) is 8.62. The van der Waals surface area contributed by atoms with Crippen molar-refractivity contribution in [2.75, 3.05) is 17.2 Å². The van der Waals surface area contributed by atoms with Gasteiger partial charge in [0.25, 0.3) is 0 Å². The van der Waals surface area contributed by atoms with Crippen molar-refractivity contribution in [1.29, 1.82) is 0 Å². The van der Waals surface area contributed by atoms with Crippen LogP contribution < -0.4 is 10.6 Å². The minimum absolute atomic E-state index is 0.432. The normalized spacial score (nSPS) is 10.9. The van der Waals surface area contributed by atoms with Crippen molar-refractivity contribution < 1.29 is 9.53 Å². The summed E-state index contributed by atoms with van der Waals surface area (Å²) in [7, 11) is 0. The molecule has 0 spiro atoms. The molecule has 0 saturated heterocycles. The first-order valence-corrected chi connectivity index (χ1v) is 6.74. The molecule has 0 aliphatic rings. The number of benzene rings is 1. The summed E-state index contributed by atoms with van der Waals surface area (Å²) >= 11 is 0. The molecule has 4 nitrogen and oxygen atoms in total. The molecule has 0 aliphatic heterocycles. The second-order valence-corrected chi connectivity index (χ2v) is 5.49. The van der Waals surface area contributed by atoms with E-state index in [0.717, 1.165) is 30.8 Å². The Hall–Kier alpha value is -1.71. The van der Waals surface area contributed by atoms with Gasteiger partial charge in [-0.3, -0.25) is 5.32 Å². The van der Waals surface area contributed by atoms with Crippen molar-refractivity contribution in [1.82, 2.24) is 0 Å². The van der Waals surface area contributed by atoms with E-state index < -0.39 is 11.7 Å². The smallest absolute Gasteiger partial charge is 0.412 e. The van der Waals surface area contributed by atoms with Gasteiger partial charge in [-0.15, -0.1) is 0 Å². The predicted molar refractivity (Wildman–Crippen MR) is 79.7 cm³/mol. The van der Waals surface area contributed by atoms with Crippen LogP contribution in [0.1, 0.15) is 40.5 Å². The standard InChI is InChI=1S/C15H24N2O2/c1-5-6-10-16-12-8-7-9-13(11-12)17-14(18)19-15(2,3)4/h7-9,11,16H,5-6,10H2,1-4H3,(H,17,18). The molecule has 0 radical (unpaired) electrons. The summed E-state index contributed by atoms with van der Waals surface area (Å²) in [6.07, 6.45) is 1.85. The second-order valence-electron chi connectivity index (χ2n) is 5.49. The van der Waals surface area contributed by atoms with Gasteiger partial charge in [0.05, 0.1) is 0 Å². The first-order valence-electron chi connectivity index (χ1n) is 6.74. The molecule has 2 N–H and O–H groups in total. The number of hydrogen-bond donors (Lipinski definition) is 2. The monoisotopic (exact) mass is 264 g/mol. The molecule has 106 valence electrons. The van der Waals surface area contributed by atoms with Crippen LogP contribution in [0.2, 0.25) is 0 Å². The zero-order valence-corrected chi connectivity index (χ0v) is 12.2. The van der Waals surface area contributed by atoms with Gasteiger partial charge in [-0.1, -0.05) is 19.4 Å². The number of hydrogen-bond acceptors (Lipinski definition) is 3. The third-order valence-electron chi connectivity index (χ3n) is 2.37. The van der Waals surface area contributed by atoms with Crippen LogP contribution in [0.25, 0.3) is 0 Å². The van der Waals surface area contributed by atoms with Crippen molar-refractivity contribution in [2.45, 2.75) is 46.1 Å². The van der Waals surface area contributed by atoms with Crippen LogP contribution in [0.4, 0.5) is 16.2 Å². The average Bonchev–Trinajstić information content (AvgIpc) is 2.27. The van der Waals surface area contributed by atoms with Crippen molar-refractivity contribution in [2.24, 2.45) is 0 Å². The summed E-state index contributed by atoms with van der Waals surface area (Å²) in [4.78, 5) is 11.6. The highest BCUT2D eigenvalue weighted by Gasteiger charge is 2.16. The molecule has 19 heavy (non-hydrogen) atoms. The van der Waals surface area contributed by atoms with Gasteiger partial charge in [0, 0.05) is 17.9 Å². The lowest BCUT2D eigenvalue weighted by molar-refractivity contribution is 0.0636. The Morgan fingerprint density at radius 1 is 1.26 bits per heavy atom. The van der Waals surface area contributed by atoms with Gasteiger partial charge < -0.3 is 10.1 Å². The van der Waals surface area contributed by atoms with E-state index in [1.54, 1.807) is 0 Å². The van der Waals surface area contributed by atoms with Crippen LogP contribution in [0, 0.1) is 0 Å². The number of carbonyl (C=O) groups excluding carboxylic acids is 1. The zero-order valence-electron chi connectivity index (χ0n) is 12.2. The zero-order chi connectivity index (χ0) is 14.3. The molecule has 0 aliphatic carbocycles. The first-order chi connectivity index (χ1) is 8.90. The van der Waals surface area contributed by atoms with Gasteiger partial charge in [-0.25, -0.2) is 4.79 Å². The SMILES string of the molecule is CCCCNc1cccc(NC(=O)OC(C)(C)C)c1. The number of rotatable bonds is 5. The second kappa shape index (κ2) is 7.02. The third-order valence-corrected chi connectivity index (χ3v) is 2.37. The molecule has 0 saturated carbocycles. The average molecular weight is 264 g/mol. The molecule has 4 heteroatoms. The van der Waals surface area contributed by atoms with E-state index in [1.807, 2.05) is 45.0 Å². The van der Waals surface area contributed by atoms with Gasteiger partial charge >= 0.3 is 6.09 Å². The molecule has 1 aromatic rings. The third kappa shape index (κ3) is 6.70. The minimum atomic E-state index is -0.485. The lowest BCUT2D eigenvalue weighted by atomic mass is 10.2. The number of amides is 1. The lowest BCUT2D eigenvalue weighted by Gasteiger charge is -2.19. The van der Waals surface area contributed by atoms with E-state index in [0.29, 0.717) is 0 Å². The number of anilines is 2. The Morgan fingerprint density at radius 2 is 1.95 bits per heavy atom. The van der Waals surface area contributed by atoms with E-state index in [4.69, 9.17) is 4.74 Å². The van der Waals surface area contributed by atoms with Gasteiger partial charge in [-0.05, 0) is 45.4 Å². The van der Waals surface area contributed by atoms with E-state index in [1.165, 1.54) is 0 Å². The van der Waals surface area contributed by atoms with Crippen molar-refractivity contribution in [3.05, 3.63) is 24.3 Å². The van der Waals surface area contributed by atoms with Crippen LogP contribution in [0.3, 0.4) is 0 Å². The highest BCUT2D eigenvalue weighted by molar-refractivity contribution is 5.85. The Balaban J connectivity index is 2.54. The summed E-state index contributed by atoms with van der Waals surface area (Å²) in [5.74, 6) is 0. The fourth-order valence-electron chi connectivity index (χ4n) is 1.54. The van der Waals surface area contributed by atoms with E-state index in [2.05, 4.69) is 17.6 Å². The molecular weight excluding hydrogens is 240 g/mol. The van der Waals surface area contributed by atoms with Crippen LogP contribution in [-0.2, 0) is 4.74 Å². The van der Waals surface area contributed by atoms with Crippen LogP contribution in [-0.4, -0.2) is 18.2 Å². The summed E-state index contributed by atoms with van der Waals surface area (Å²) in [5, 5.41) is 6.04. The number of unbranched alkanes of at least 4 members (excludes halogenated alkanes) is 1. The highest BCUT2D eigenvalue weighted by atomic mass is 16.6. The molecule has 0 fully saturated rings. The first kappa shape index (κ1) is 15.3. The lowest BCUT2D eigenvalue weighted by Crippen LogP contribution is -2.27. The van der Waals surface area contributed by atoms with E-state index in [-0.39, 0.29) is 0 Å². The largest absolute Gasteiger partial charge is 0.444 e. The summed E-state index contributed by atoms with van der Waals surface area (Å²) in [6, 6.07) is 7.63. The fourth-order valence-corrected chi connectivity index (χ4v) is 1.54. The maximum absolute atomic E-state index is 11.6. The molecule has 1 amide bonds. The topological polar surface area (TPSA) is 50.4 Å². The van der Waals surface area contributed by atoms with E-state index in [9.17, 15) is 4.79 Å². The molecule has 1 aromatic carbocycles. The van der Waals surface area contributed by atoms with Crippen molar-refractivity contribution in [3.63, 3.8) is 0 Å². The van der Waals surface area contributed by atoms with Crippen LogP contribution in [0.15, 0.2) is 24.3 Å². The maximum Gasteiger partial charge on any atom is 0.412 e. The minimum Gasteiger partial charge on any atom is -0.444 e. The summed E-state index contributed by atoms with van der Waals surface area (Å²) < 4.78 is 5.21. The quantitative estimate of drug-likeness (QED) is 0.782. The van der Waals surface area contributed by atoms with Gasteiger partial charge in [0.2, 0.25) is 0 Å². The molecular formula is C15H24N2O2. The number of carbonyl (C=O) groups is 1. The Bertz CT molecular complexity index is 411. The van der Waals surface area contributed by atoms with E-state index >= 15 is 0 Å². The number of nitrogens with one attached hydrogen (secondary N) is 2. The fraction of sp³-hybridized carbons (Fsp3) is 0.533. The molecule has 0 atom stereocenters. The maximum atomic E-state index is 11.6. The van der Waals surface area contributed by atoms with Gasteiger partial charge in [0.1, 0.15) is 5.60 Å². The molecule has 0 unspecified atom stereocenters. The van der Waals surface area contributed by atoms with Gasteiger partial charge in [-0.2, -0.15) is 0 Å². The predicted octanol–water partition coefficient (Wildman–Crippen LogP) is 4.25. The Labute approximate surface area is 115 Å². The van der Waals surface area contributed by atoms with Crippen LogP contribution in [0.5, 0.6) is 0 Å².